The first kappa shape index (κ1) is 27.9. The monoisotopic (exact) mass is 540 g/mol. The number of benzene rings is 2. The van der Waals surface area contributed by atoms with Crippen LogP contribution in [0.1, 0.15) is 59.3 Å². The van der Waals surface area contributed by atoms with Gasteiger partial charge in [-0.2, -0.15) is 13.2 Å². The summed E-state index contributed by atoms with van der Waals surface area (Å²) in [5.74, 6) is 1.22. The smallest absolute Gasteiger partial charge is 0.416 e. The molecule has 0 unspecified atom stereocenters. The van der Waals surface area contributed by atoms with E-state index in [4.69, 9.17) is 4.74 Å². The molecule has 10 heteroatoms. The molecule has 206 valence electrons. The summed E-state index contributed by atoms with van der Waals surface area (Å²) in [6.45, 7) is 0.165. The van der Waals surface area contributed by atoms with E-state index in [-0.39, 0.29) is 23.8 Å². The molecule has 4 rings (SSSR count). The fraction of sp³-hybridized carbons (Fsp3) is 0.345. The predicted octanol–water partition coefficient (Wildman–Crippen LogP) is 6.70. The van der Waals surface area contributed by atoms with E-state index < -0.39 is 17.8 Å². The summed E-state index contributed by atoms with van der Waals surface area (Å²) in [6.07, 6.45) is 3.16. The molecule has 2 aromatic carbocycles. The van der Waals surface area contributed by atoms with Crippen molar-refractivity contribution in [1.29, 1.82) is 0 Å². The van der Waals surface area contributed by atoms with Crippen molar-refractivity contribution in [2.45, 2.75) is 51.2 Å². The first-order valence-electron chi connectivity index (χ1n) is 12.9. The zero-order chi connectivity index (χ0) is 27.8. The third-order valence-corrected chi connectivity index (χ3v) is 6.79. The average molecular weight is 541 g/mol. The molecule has 3 aromatic rings. The molecule has 39 heavy (non-hydrogen) atoms. The number of alkyl halides is 3. The molecule has 3 amide bonds. The van der Waals surface area contributed by atoms with Crippen molar-refractivity contribution in [3.63, 3.8) is 0 Å². The Hall–Kier alpha value is -4.08. The molecule has 0 bridgehead atoms. The molecule has 3 N–H and O–H groups in total. The largest absolute Gasteiger partial charge is 0.457 e. The van der Waals surface area contributed by atoms with Crippen LogP contribution in [0.15, 0.2) is 60.8 Å². The van der Waals surface area contributed by atoms with Crippen molar-refractivity contribution in [3.05, 3.63) is 83.2 Å². The van der Waals surface area contributed by atoms with E-state index in [1.54, 1.807) is 30.3 Å². The van der Waals surface area contributed by atoms with Crippen molar-refractivity contribution < 1.29 is 27.5 Å². The highest BCUT2D eigenvalue weighted by atomic mass is 19.4. The van der Waals surface area contributed by atoms with Gasteiger partial charge in [-0.15, -0.1) is 0 Å². The van der Waals surface area contributed by atoms with E-state index >= 15 is 0 Å². The SMILES string of the molecule is CNC(=O)c1cc(Oc2ccc(CNC(=O)Nc3cc(C(F)(F)F)ccc3CCC3CCCC3)cc2)ccn1. The minimum atomic E-state index is -4.50. The van der Waals surface area contributed by atoms with Crippen LogP contribution < -0.4 is 20.7 Å². The summed E-state index contributed by atoms with van der Waals surface area (Å²) in [7, 11) is 1.51. The van der Waals surface area contributed by atoms with Crippen LogP contribution >= 0.6 is 0 Å². The average Bonchev–Trinajstić information content (AvgIpc) is 3.45. The second kappa shape index (κ2) is 12.6. The lowest BCUT2D eigenvalue weighted by atomic mass is 9.96. The fourth-order valence-corrected chi connectivity index (χ4v) is 4.63. The van der Waals surface area contributed by atoms with Gasteiger partial charge in [0.15, 0.2) is 0 Å². The molecule has 0 saturated heterocycles. The lowest BCUT2D eigenvalue weighted by molar-refractivity contribution is -0.137. The molecule has 1 saturated carbocycles. The first-order valence-corrected chi connectivity index (χ1v) is 12.9. The Morgan fingerprint density at radius 1 is 1.00 bits per heavy atom. The summed E-state index contributed by atoms with van der Waals surface area (Å²) in [5.41, 5.74) is 1.07. The minimum absolute atomic E-state index is 0.165. The third-order valence-electron chi connectivity index (χ3n) is 6.79. The zero-order valence-electron chi connectivity index (χ0n) is 21.6. The van der Waals surface area contributed by atoms with Crippen LogP contribution in [0.4, 0.5) is 23.7 Å². The molecule has 7 nitrogen and oxygen atoms in total. The Kier molecular flexibility index (Phi) is 9.06. The maximum Gasteiger partial charge on any atom is 0.416 e. The number of pyridine rings is 1. The van der Waals surface area contributed by atoms with Crippen LogP contribution in [0, 0.1) is 5.92 Å². The summed E-state index contributed by atoms with van der Waals surface area (Å²) in [6, 6.07) is 13.0. The van der Waals surface area contributed by atoms with Crippen molar-refractivity contribution >= 4 is 17.6 Å². The van der Waals surface area contributed by atoms with Crippen LogP contribution in [0.25, 0.3) is 0 Å². The normalized spacial score (nSPS) is 13.6. The number of hydrogen-bond donors (Lipinski definition) is 3. The summed E-state index contributed by atoms with van der Waals surface area (Å²) in [5, 5.41) is 7.82. The van der Waals surface area contributed by atoms with E-state index in [2.05, 4.69) is 20.9 Å². The second-order valence-corrected chi connectivity index (χ2v) is 9.57. The van der Waals surface area contributed by atoms with Gasteiger partial charge in [-0.25, -0.2) is 4.79 Å². The Morgan fingerprint density at radius 2 is 1.74 bits per heavy atom. The number of nitrogens with one attached hydrogen (secondary N) is 3. The number of nitrogens with zero attached hydrogens (tertiary/aromatic N) is 1. The van der Waals surface area contributed by atoms with Gasteiger partial charge in [0.2, 0.25) is 0 Å². The Morgan fingerprint density at radius 3 is 2.44 bits per heavy atom. The van der Waals surface area contributed by atoms with Gasteiger partial charge in [0.25, 0.3) is 5.91 Å². The van der Waals surface area contributed by atoms with Crippen LogP contribution in [-0.2, 0) is 19.1 Å². The van der Waals surface area contributed by atoms with E-state index in [0.717, 1.165) is 37.0 Å². The van der Waals surface area contributed by atoms with Gasteiger partial charge in [-0.1, -0.05) is 43.9 Å². The maximum absolute atomic E-state index is 13.3. The van der Waals surface area contributed by atoms with Crippen molar-refractivity contribution in [2.24, 2.45) is 5.92 Å². The van der Waals surface area contributed by atoms with Crippen LogP contribution in [0.3, 0.4) is 0 Å². The number of aromatic nitrogens is 1. The van der Waals surface area contributed by atoms with Crippen LogP contribution in [0.2, 0.25) is 0 Å². The number of halogens is 3. The summed E-state index contributed by atoms with van der Waals surface area (Å²) < 4.78 is 45.7. The highest BCUT2D eigenvalue weighted by Gasteiger charge is 2.31. The third kappa shape index (κ3) is 7.95. The summed E-state index contributed by atoms with van der Waals surface area (Å²) in [4.78, 5) is 28.4. The molecule has 1 heterocycles. The Labute approximate surface area is 225 Å². The molecule has 1 aliphatic rings. The van der Waals surface area contributed by atoms with Crippen molar-refractivity contribution in [1.82, 2.24) is 15.6 Å². The summed E-state index contributed by atoms with van der Waals surface area (Å²) >= 11 is 0. The number of ether oxygens (including phenoxy) is 1. The fourth-order valence-electron chi connectivity index (χ4n) is 4.63. The standard InChI is InChI=1S/C29H31F3N4O3/c1-33-27(37)26-17-24(14-15-34-26)39-23-12-7-20(8-13-23)18-35-28(38)36-25-16-22(29(30,31)32)11-10-21(25)9-6-19-4-2-3-5-19/h7-8,10-17,19H,2-6,9,18H2,1H3,(H,33,37)(H2,35,36,38). The molecule has 0 radical (unpaired) electrons. The molecule has 1 aliphatic carbocycles. The number of anilines is 1. The first-order chi connectivity index (χ1) is 18.7. The van der Waals surface area contributed by atoms with Gasteiger partial charge in [0, 0.05) is 31.5 Å². The molecular formula is C29H31F3N4O3. The molecule has 0 spiro atoms. The zero-order valence-corrected chi connectivity index (χ0v) is 21.6. The van der Waals surface area contributed by atoms with Gasteiger partial charge in [-0.3, -0.25) is 9.78 Å². The van der Waals surface area contributed by atoms with Crippen LogP contribution in [-0.4, -0.2) is 24.0 Å². The number of carbonyl (C=O) groups is 2. The molecule has 1 aromatic heterocycles. The van der Waals surface area contributed by atoms with Crippen molar-refractivity contribution in [2.75, 3.05) is 12.4 Å². The van der Waals surface area contributed by atoms with Gasteiger partial charge in [-0.05, 0) is 60.2 Å². The van der Waals surface area contributed by atoms with Crippen molar-refractivity contribution in [3.8, 4) is 11.5 Å². The number of aryl methyl sites for hydroxylation is 1. The highest BCUT2D eigenvalue weighted by molar-refractivity contribution is 5.92. The van der Waals surface area contributed by atoms with E-state index in [9.17, 15) is 22.8 Å². The van der Waals surface area contributed by atoms with Gasteiger partial charge in [0.1, 0.15) is 17.2 Å². The Balaban J connectivity index is 1.35. The minimum Gasteiger partial charge on any atom is -0.457 e. The number of carbonyl (C=O) groups excluding carboxylic acids is 2. The molecule has 0 aliphatic heterocycles. The highest BCUT2D eigenvalue weighted by Crippen LogP contribution is 2.34. The lowest BCUT2D eigenvalue weighted by Gasteiger charge is -2.16. The number of urea groups is 1. The number of rotatable bonds is 9. The van der Waals surface area contributed by atoms with Gasteiger partial charge >= 0.3 is 12.2 Å². The van der Waals surface area contributed by atoms with Gasteiger partial charge < -0.3 is 20.7 Å². The second-order valence-electron chi connectivity index (χ2n) is 9.57. The van der Waals surface area contributed by atoms with E-state index in [0.29, 0.717) is 29.4 Å². The van der Waals surface area contributed by atoms with E-state index in [1.165, 1.54) is 38.2 Å². The topological polar surface area (TPSA) is 92.4 Å². The van der Waals surface area contributed by atoms with Crippen LogP contribution in [0.5, 0.6) is 11.5 Å². The Bertz CT molecular complexity index is 1290. The number of amides is 3. The maximum atomic E-state index is 13.3. The number of hydrogen-bond acceptors (Lipinski definition) is 4. The predicted molar refractivity (Wildman–Crippen MR) is 142 cm³/mol. The lowest BCUT2D eigenvalue weighted by Crippen LogP contribution is -2.28. The van der Waals surface area contributed by atoms with E-state index in [1.807, 2.05) is 0 Å². The van der Waals surface area contributed by atoms with Gasteiger partial charge in [0.05, 0.1) is 5.56 Å². The molecular weight excluding hydrogens is 509 g/mol. The molecule has 0 atom stereocenters. The quantitative estimate of drug-likeness (QED) is 0.282. The molecule has 1 fully saturated rings.